The molecule has 8 atom stereocenters. The monoisotopic (exact) mass is 783 g/mol. The summed E-state index contributed by atoms with van der Waals surface area (Å²) in [5, 5.41) is 3.87. The van der Waals surface area contributed by atoms with Gasteiger partial charge in [-0.05, 0) is 11.1 Å². The van der Waals surface area contributed by atoms with Crippen molar-refractivity contribution < 1.29 is 57.1 Å². The van der Waals surface area contributed by atoms with Crippen molar-refractivity contribution in [1.82, 2.24) is 5.32 Å². The fourth-order valence-electron chi connectivity index (χ4n) is 12.3. The lowest BCUT2D eigenvalue weighted by molar-refractivity contribution is -0.348. The molecule has 0 radical (unpaired) electrons. The maximum atomic E-state index is 15.5. The molecule has 4 aliphatic carbocycles. The molecular weight excluding hydrogens is 734 g/mol. The van der Waals surface area contributed by atoms with E-state index < -0.39 is 91.9 Å². The van der Waals surface area contributed by atoms with Crippen molar-refractivity contribution in [1.29, 1.82) is 0 Å². The molecule has 5 fully saturated rings. The second-order valence-corrected chi connectivity index (χ2v) is 18.1. The number of benzene rings is 2. The average molecular weight is 784 g/mol. The average Bonchev–Trinajstić information content (AvgIpc) is 3.93. The SMILES string of the molecule is COC(=O)C1=C[C@]2(c3ccccc3)[C@@H]3[C@@H]4[C@H](N[C@@H]3[C@@]1(C(=O)OC)C21OCC(C)(C)CO1)[C@]1(c2ccccc2)C=C(C(=O)OC)[C@@]4(C(=O)OC)C12OCC(C)(C)CO2. The number of carbonyl (C=O) groups excluding carboxylic acids is 4. The minimum absolute atomic E-state index is 0.00476. The van der Waals surface area contributed by atoms with E-state index in [4.69, 9.17) is 37.9 Å². The summed E-state index contributed by atoms with van der Waals surface area (Å²) in [6.45, 7) is 8.61. The normalized spacial score (nSPS) is 37.8. The summed E-state index contributed by atoms with van der Waals surface area (Å²) in [7, 11) is 5.06. The topological polar surface area (TPSA) is 154 Å². The van der Waals surface area contributed by atoms with E-state index in [1.165, 1.54) is 28.4 Å². The summed E-state index contributed by atoms with van der Waals surface area (Å²) in [6.07, 6.45) is 3.49. The van der Waals surface area contributed by atoms with Crippen molar-refractivity contribution in [2.45, 2.75) is 62.2 Å². The second kappa shape index (κ2) is 12.1. The maximum absolute atomic E-state index is 15.5. The van der Waals surface area contributed by atoms with Crippen molar-refractivity contribution in [2.24, 2.45) is 33.5 Å². The Hall–Kier alpha value is -4.40. The molecule has 2 aromatic carbocycles. The molecule has 0 amide bonds. The first-order chi connectivity index (χ1) is 27.1. The molecule has 57 heavy (non-hydrogen) atoms. The molecule has 13 nitrogen and oxygen atoms in total. The molecular formula is C44H49NO12. The van der Waals surface area contributed by atoms with Crippen LogP contribution in [0, 0.1) is 33.5 Å². The Morgan fingerprint density at radius 2 is 0.947 bits per heavy atom. The Morgan fingerprint density at radius 3 is 1.40 bits per heavy atom. The molecule has 4 bridgehead atoms. The first-order valence-corrected chi connectivity index (χ1v) is 19.4. The highest BCUT2D eigenvalue weighted by Gasteiger charge is 2.98. The zero-order chi connectivity index (χ0) is 40.6. The van der Waals surface area contributed by atoms with Crippen LogP contribution in [0.25, 0.3) is 0 Å². The number of hydrogen-bond donors (Lipinski definition) is 1. The minimum atomic E-state index is -2.02. The van der Waals surface area contributed by atoms with E-state index in [-0.39, 0.29) is 37.6 Å². The van der Waals surface area contributed by atoms with Crippen LogP contribution in [0.15, 0.2) is 84.0 Å². The van der Waals surface area contributed by atoms with Crippen LogP contribution in [0.2, 0.25) is 0 Å². The first-order valence-electron chi connectivity index (χ1n) is 19.4. The molecule has 13 heteroatoms. The van der Waals surface area contributed by atoms with E-state index in [9.17, 15) is 9.59 Å². The number of ether oxygens (including phenoxy) is 8. The number of rotatable bonds is 6. The van der Waals surface area contributed by atoms with Crippen LogP contribution >= 0.6 is 0 Å². The molecule has 0 unspecified atom stereocenters. The Balaban J connectivity index is 1.44. The van der Waals surface area contributed by atoms with Gasteiger partial charge in [-0.1, -0.05) is 101 Å². The van der Waals surface area contributed by atoms with E-state index in [2.05, 4.69) is 5.32 Å². The number of esters is 4. The highest BCUT2D eigenvalue weighted by molar-refractivity contribution is 6.05. The third-order valence-corrected chi connectivity index (χ3v) is 14.2. The van der Waals surface area contributed by atoms with Gasteiger partial charge in [0.25, 0.3) is 0 Å². The van der Waals surface area contributed by atoms with Gasteiger partial charge in [-0.3, -0.25) is 9.59 Å². The van der Waals surface area contributed by atoms with E-state index >= 15 is 9.59 Å². The predicted molar refractivity (Wildman–Crippen MR) is 200 cm³/mol. The fraction of sp³-hybridized carbons (Fsp3) is 0.545. The molecule has 3 aliphatic heterocycles. The van der Waals surface area contributed by atoms with Crippen molar-refractivity contribution >= 4 is 23.9 Å². The molecule has 2 aromatic rings. The highest BCUT2D eigenvalue weighted by Crippen LogP contribution is 2.83. The lowest BCUT2D eigenvalue weighted by atomic mass is 9.56. The van der Waals surface area contributed by atoms with Crippen LogP contribution in [-0.2, 0) is 67.9 Å². The van der Waals surface area contributed by atoms with Gasteiger partial charge in [0.1, 0.15) is 0 Å². The molecule has 2 saturated carbocycles. The Kier molecular flexibility index (Phi) is 8.08. The largest absolute Gasteiger partial charge is 0.468 e. The smallest absolute Gasteiger partial charge is 0.334 e. The van der Waals surface area contributed by atoms with E-state index in [1.54, 1.807) is 12.2 Å². The minimum Gasteiger partial charge on any atom is -0.468 e. The molecule has 2 spiro atoms. The lowest BCUT2D eigenvalue weighted by Crippen LogP contribution is -2.68. The van der Waals surface area contributed by atoms with Gasteiger partial charge >= 0.3 is 23.9 Å². The van der Waals surface area contributed by atoms with Crippen LogP contribution in [-0.4, -0.2) is 102 Å². The molecule has 3 saturated heterocycles. The standard InChI is InChI=1S/C44H49NO12/c1-37(2)21-54-43(55-22-37)39(25-15-11-9-12-16-25)19-28(34(47)51-6)42(43,36(49)53-8)32-29(39)30-31(45-32)40(26-17-13-10-14-18-26)20-27(33(46)50-5)41(30,35(48)52-7)44(40)56-23-38(3,4)24-57-44/h9-20,29-32,45H,21-24H2,1-8H3/t29-,30-,31+,32+,39+,40-,41-,42+/m1/s1. The molecule has 3 heterocycles. The first kappa shape index (κ1) is 38.1. The number of carbonyl (C=O) groups is 4. The van der Waals surface area contributed by atoms with Crippen LogP contribution in [0.5, 0.6) is 0 Å². The molecule has 9 rings (SSSR count). The fourth-order valence-corrected chi connectivity index (χ4v) is 12.3. The van der Waals surface area contributed by atoms with Gasteiger partial charge < -0.3 is 43.2 Å². The summed E-state index contributed by atoms with van der Waals surface area (Å²) < 4.78 is 50.9. The van der Waals surface area contributed by atoms with Crippen LogP contribution < -0.4 is 5.32 Å². The Morgan fingerprint density at radius 1 is 0.544 bits per heavy atom. The summed E-state index contributed by atoms with van der Waals surface area (Å²) in [4.78, 5) is 59.4. The zero-order valence-electron chi connectivity index (χ0n) is 33.5. The molecule has 1 N–H and O–H groups in total. The Bertz CT molecular complexity index is 2110. The van der Waals surface area contributed by atoms with Crippen molar-refractivity contribution in [3.8, 4) is 0 Å². The number of nitrogens with one attached hydrogen (secondary N) is 1. The van der Waals surface area contributed by atoms with Crippen LogP contribution in [0.1, 0.15) is 38.8 Å². The number of fused-ring (bicyclic) bond motifs is 7. The van der Waals surface area contributed by atoms with Gasteiger partial charge in [0.15, 0.2) is 10.8 Å². The molecule has 302 valence electrons. The van der Waals surface area contributed by atoms with Gasteiger partial charge in [0.05, 0.1) is 76.8 Å². The summed E-state index contributed by atoms with van der Waals surface area (Å²) >= 11 is 0. The van der Waals surface area contributed by atoms with Gasteiger partial charge in [0, 0.05) is 34.7 Å². The van der Waals surface area contributed by atoms with E-state index in [0.29, 0.717) is 11.1 Å². The Labute approximate surface area is 331 Å². The van der Waals surface area contributed by atoms with Gasteiger partial charge in [-0.2, -0.15) is 0 Å². The van der Waals surface area contributed by atoms with Gasteiger partial charge in [0.2, 0.25) is 11.6 Å². The van der Waals surface area contributed by atoms with Crippen molar-refractivity contribution in [2.75, 3.05) is 54.9 Å². The van der Waals surface area contributed by atoms with Gasteiger partial charge in [-0.25, -0.2) is 9.59 Å². The summed E-state index contributed by atoms with van der Waals surface area (Å²) in [5.41, 5.74) is -6.55. The van der Waals surface area contributed by atoms with Crippen molar-refractivity contribution in [3.05, 3.63) is 95.1 Å². The third-order valence-electron chi connectivity index (χ3n) is 14.2. The summed E-state index contributed by atoms with van der Waals surface area (Å²) in [6, 6.07) is 17.0. The second-order valence-electron chi connectivity index (χ2n) is 18.1. The van der Waals surface area contributed by atoms with Crippen LogP contribution in [0.4, 0.5) is 0 Å². The number of hydrogen-bond acceptors (Lipinski definition) is 13. The lowest BCUT2D eigenvalue weighted by Gasteiger charge is -2.54. The maximum Gasteiger partial charge on any atom is 0.334 e. The zero-order valence-corrected chi connectivity index (χ0v) is 33.5. The van der Waals surface area contributed by atoms with E-state index in [1.807, 2.05) is 88.4 Å². The quantitative estimate of drug-likeness (QED) is 0.336. The number of methoxy groups -OCH3 is 4. The highest BCUT2D eigenvalue weighted by atomic mass is 16.7. The molecule has 0 aromatic heterocycles. The van der Waals surface area contributed by atoms with Gasteiger partial charge in [-0.15, -0.1) is 0 Å². The van der Waals surface area contributed by atoms with Crippen LogP contribution in [0.3, 0.4) is 0 Å². The summed E-state index contributed by atoms with van der Waals surface area (Å²) in [5.74, 6) is -8.69. The third kappa shape index (κ3) is 4.02. The van der Waals surface area contributed by atoms with E-state index in [0.717, 1.165) is 0 Å². The van der Waals surface area contributed by atoms with Crippen molar-refractivity contribution in [3.63, 3.8) is 0 Å². The molecule has 7 aliphatic rings. The predicted octanol–water partition coefficient (Wildman–Crippen LogP) is 3.55.